The van der Waals surface area contributed by atoms with Crippen molar-refractivity contribution in [2.24, 2.45) is 11.8 Å². The van der Waals surface area contributed by atoms with Gasteiger partial charge in [0.2, 0.25) is 0 Å². The van der Waals surface area contributed by atoms with Gasteiger partial charge in [-0.15, -0.1) is 0 Å². The molecule has 5 heteroatoms. The van der Waals surface area contributed by atoms with Gasteiger partial charge in [-0.25, -0.2) is 9.97 Å². The summed E-state index contributed by atoms with van der Waals surface area (Å²) in [5.74, 6) is 0.127. The first-order chi connectivity index (χ1) is 8.70. The van der Waals surface area contributed by atoms with E-state index in [2.05, 4.69) is 15.3 Å². The van der Waals surface area contributed by atoms with Gasteiger partial charge in [0, 0.05) is 18.3 Å². The van der Waals surface area contributed by atoms with Crippen LogP contribution in [0.4, 0.5) is 5.82 Å². The van der Waals surface area contributed by atoms with Gasteiger partial charge in [-0.1, -0.05) is 13.3 Å². The van der Waals surface area contributed by atoms with Crippen LogP contribution in [0.1, 0.15) is 31.9 Å². The molecule has 0 aromatic carbocycles. The number of anilines is 1. The molecular weight excluding hydrogens is 230 g/mol. The average Bonchev–Trinajstić information content (AvgIpc) is 2.85. The Morgan fingerprint density at radius 1 is 1.50 bits per heavy atom. The maximum Gasteiger partial charge on any atom is 0.306 e. The average molecular weight is 249 g/mol. The van der Waals surface area contributed by atoms with Crippen LogP contribution in [0.3, 0.4) is 0 Å². The molecule has 1 aromatic heterocycles. The summed E-state index contributed by atoms with van der Waals surface area (Å²) in [7, 11) is 0. The summed E-state index contributed by atoms with van der Waals surface area (Å²) in [5, 5.41) is 12.3. The molecule has 0 bridgehead atoms. The molecule has 98 valence electrons. The van der Waals surface area contributed by atoms with E-state index < -0.39 is 5.97 Å². The second-order valence-electron chi connectivity index (χ2n) is 4.76. The Kier molecular flexibility index (Phi) is 4.12. The number of aryl methyl sites for hydroxylation is 1. The number of rotatable bonds is 5. The quantitative estimate of drug-likeness (QED) is 0.834. The zero-order valence-electron chi connectivity index (χ0n) is 10.6. The molecule has 2 rings (SSSR count). The van der Waals surface area contributed by atoms with Crippen molar-refractivity contribution in [2.75, 3.05) is 11.9 Å². The van der Waals surface area contributed by atoms with Gasteiger partial charge in [-0.3, -0.25) is 4.79 Å². The van der Waals surface area contributed by atoms with Crippen LogP contribution in [0, 0.1) is 11.8 Å². The Bertz CT molecular complexity index is 422. The van der Waals surface area contributed by atoms with E-state index in [0.29, 0.717) is 6.54 Å². The molecule has 0 aliphatic heterocycles. The van der Waals surface area contributed by atoms with Crippen molar-refractivity contribution in [2.45, 2.75) is 32.6 Å². The van der Waals surface area contributed by atoms with Gasteiger partial charge in [-0.05, 0) is 25.2 Å². The molecule has 1 aromatic rings. The summed E-state index contributed by atoms with van der Waals surface area (Å²) in [6, 6.07) is 1.92. The molecule has 2 N–H and O–H groups in total. The van der Waals surface area contributed by atoms with Gasteiger partial charge in [0.15, 0.2) is 0 Å². The van der Waals surface area contributed by atoms with E-state index in [4.69, 9.17) is 5.11 Å². The lowest BCUT2D eigenvalue weighted by Crippen LogP contribution is -2.24. The molecule has 1 heterocycles. The maximum atomic E-state index is 11.1. The van der Waals surface area contributed by atoms with Gasteiger partial charge in [0.1, 0.15) is 12.1 Å². The van der Waals surface area contributed by atoms with Crippen LogP contribution in [0.15, 0.2) is 12.4 Å². The van der Waals surface area contributed by atoms with Crippen molar-refractivity contribution in [3.63, 3.8) is 0 Å². The fraction of sp³-hybridized carbons (Fsp3) is 0.615. The zero-order valence-corrected chi connectivity index (χ0v) is 10.6. The van der Waals surface area contributed by atoms with Crippen molar-refractivity contribution >= 4 is 11.8 Å². The molecule has 2 unspecified atom stereocenters. The van der Waals surface area contributed by atoms with E-state index in [1.807, 2.05) is 13.0 Å². The summed E-state index contributed by atoms with van der Waals surface area (Å²) in [4.78, 5) is 19.4. The number of carboxylic acids is 1. The van der Waals surface area contributed by atoms with E-state index in [0.717, 1.165) is 37.2 Å². The minimum Gasteiger partial charge on any atom is -0.481 e. The SMILES string of the molecule is CCc1cc(NCC2CCCC2C(=O)O)ncn1. The van der Waals surface area contributed by atoms with Crippen LogP contribution >= 0.6 is 0 Å². The van der Waals surface area contributed by atoms with Gasteiger partial charge in [0.05, 0.1) is 5.92 Å². The highest BCUT2D eigenvalue weighted by Gasteiger charge is 2.32. The predicted molar refractivity (Wildman–Crippen MR) is 68.4 cm³/mol. The molecule has 0 saturated heterocycles. The lowest BCUT2D eigenvalue weighted by Gasteiger charge is -2.16. The summed E-state index contributed by atoms with van der Waals surface area (Å²) < 4.78 is 0. The maximum absolute atomic E-state index is 11.1. The first kappa shape index (κ1) is 12.8. The van der Waals surface area contributed by atoms with E-state index >= 15 is 0 Å². The van der Waals surface area contributed by atoms with E-state index in [1.165, 1.54) is 0 Å². The third kappa shape index (κ3) is 2.97. The Morgan fingerprint density at radius 3 is 3.06 bits per heavy atom. The largest absolute Gasteiger partial charge is 0.481 e. The lowest BCUT2D eigenvalue weighted by molar-refractivity contribution is -0.142. The van der Waals surface area contributed by atoms with Gasteiger partial charge < -0.3 is 10.4 Å². The molecule has 18 heavy (non-hydrogen) atoms. The van der Waals surface area contributed by atoms with E-state index in [-0.39, 0.29) is 11.8 Å². The minimum atomic E-state index is -0.670. The highest BCUT2D eigenvalue weighted by atomic mass is 16.4. The van der Waals surface area contributed by atoms with E-state index in [1.54, 1.807) is 6.33 Å². The summed E-state index contributed by atoms with van der Waals surface area (Å²) in [6.07, 6.45) is 5.21. The number of nitrogens with zero attached hydrogens (tertiary/aromatic N) is 2. The fourth-order valence-electron chi connectivity index (χ4n) is 2.53. The third-order valence-corrected chi connectivity index (χ3v) is 3.61. The monoisotopic (exact) mass is 249 g/mol. The number of nitrogens with one attached hydrogen (secondary N) is 1. The fourth-order valence-corrected chi connectivity index (χ4v) is 2.53. The summed E-state index contributed by atoms with van der Waals surface area (Å²) >= 11 is 0. The van der Waals surface area contributed by atoms with Crippen LogP contribution in [0.2, 0.25) is 0 Å². The van der Waals surface area contributed by atoms with Crippen molar-refractivity contribution < 1.29 is 9.90 Å². The van der Waals surface area contributed by atoms with Crippen molar-refractivity contribution in [3.8, 4) is 0 Å². The third-order valence-electron chi connectivity index (χ3n) is 3.61. The molecule has 5 nitrogen and oxygen atoms in total. The van der Waals surface area contributed by atoms with E-state index in [9.17, 15) is 4.79 Å². The molecule has 0 spiro atoms. The van der Waals surface area contributed by atoms with Crippen LogP contribution < -0.4 is 5.32 Å². The second-order valence-corrected chi connectivity index (χ2v) is 4.76. The number of carboxylic acid groups (broad SMARTS) is 1. The molecule has 2 atom stereocenters. The molecular formula is C13H19N3O2. The van der Waals surface area contributed by atoms with Crippen molar-refractivity contribution in [1.82, 2.24) is 9.97 Å². The van der Waals surface area contributed by atoms with Crippen molar-refractivity contribution in [3.05, 3.63) is 18.1 Å². The number of carbonyl (C=O) groups is 1. The summed E-state index contributed by atoms with van der Waals surface area (Å²) in [6.45, 7) is 2.72. The highest BCUT2D eigenvalue weighted by molar-refractivity contribution is 5.70. The summed E-state index contributed by atoms with van der Waals surface area (Å²) in [5.41, 5.74) is 0.994. The number of aliphatic carboxylic acids is 1. The second kappa shape index (κ2) is 5.80. The molecule has 1 aliphatic rings. The molecule has 1 saturated carbocycles. The number of aromatic nitrogens is 2. The first-order valence-corrected chi connectivity index (χ1v) is 6.48. The molecule has 0 radical (unpaired) electrons. The number of hydrogen-bond donors (Lipinski definition) is 2. The Morgan fingerprint density at radius 2 is 2.33 bits per heavy atom. The normalized spacial score (nSPS) is 22.9. The van der Waals surface area contributed by atoms with Crippen LogP contribution in [0.5, 0.6) is 0 Å². The Balaban J connectivity index is 1.92. The van der Waals surface area contributed by atoms with Gasteiger partial charge in [-0.2, -0.15) is 0 Å². The Hall–Kier alpha value is -1.65. The van der Waals surface area contributed by atoms with Gasteiger partial charge in [0.25, 0.3) is 0 Å². The van der Waals surface area contributed by atoms with Gasteiger partial charge >= 0.3 is 5.97 Å². The van der Waals surface area contributed by atoms with Crippen LogP contribution in [-0.4, -0.2) is 27.6 Å². The molecule has 1 fully saturated rings. The van der Waals surface area contributed by atoms with Crippen molar-refractivity contribution in [1.29, 1.82) is 0 Å². The smallest absolute Gasteiger partial charge is 0.306 e. The number of hydrogen-bond acceptors (Lipinski definition) is 4. The standard InChI is InChI=1S/C13H19N3O2/c1-2-10-6-12(16-8-15-10)14-7-9-4-3-5-11(9)13(17)18/h6,8-9,11H,2-5,7H2,1H3,(H,17,18)(H,14,15,16). The predicted octanol–water partition coefficient (Wildman–Crippen LogP) is 1.95. The molecule has 1 aliphatic carbocycles. The Labute approximate surface area is 107 Å². The highest BCUT2D eigenvalue weighted by Crippen LogP contribution is 2.31. The van der Waals surface area contributed by atoms with Crippen LogP contribution in [0.25, 0.3) is 0 Å². The first-order valence-electron chi connectivity index (χ1n) is 6.48. The van der Waals surface area contributed by atoms with Crippen LogP contribution in [-0.2, 0) is 11.2 Å². The minimum absolute atomic E-state index is 0.204. The lowest BCUT2D eigenvalue weighted by atomic mass is 9.96. The zero-order chi connectivity index (χ0) is 13.0. The molecule has 0 amide bonds. The topological polar surface area (TPSA) is 75.1 Å².